The van der Waals surface area contributed by atoms with Crippen molar-refractivity contribution in [2.45, 2.75) is 25.5 Å². The van der Waals surface area contributed by atoms with Gasteiger partial charge in [-0.3, -0.25) is 9.78 Å². The summed E-state index contributed by atoms with van der Waals surface area (Å²) in [5.74, 6) is -1.47. The highest BCUT2D eigenvalue weighted by Crippen LogP contribution is 2.29. The van der Waals surface area contributed by atoms with Gasteiger partial charge >= 0.3 is 18.2 Å². The van der Waals surface area contributed by atoms with Gasteiger partial charge in [0.2, 0.25) is 0 Å². The van der Waals surface area contributed by atoms with E-state index in [1.54, 1.807) is 0 Å². The molecule has 7 nitrogen and oxygen atoms in total. The van der Waals surface area contributed by atoms with Gasteiger partial charge in [0.1, 0.15) is 5.75 Å². The van der Waals surface area contributed by atoms with Crippen molar-refractivity contribution < 1.29 is 27.1 Å². The molecular weight excluding hydrogens is 336 g/mol. The van der Waals surface area contributed by atoms with Crippen LogP contribution in [0.25, 0.3) is 0 Å². The quantitative estimate of drug-likeness (QED) is 0.694. The van der Waals surface area contributed by atoms with Crippen LogP contribution in [0.3, 0.4) is 0 Å². The van der Waals surface area contributed by atoms with Crippen LogP contribution in [0.15, 0.2) is 29.1 Å². The van der Waals surface area contributed by atoms with Crippen LogP contribution in [-0.2, 0) is 0 Å². The fourth-order valence-corrected chi connectivity index (χ4v) is 1.77. The smallest absolute Gasteiger partial charge is 0.427 e. The molecule has 130 valence electrons. The van der Waals surface area contributed by atoms with Gasteiger partial charge in [-0.2, -0.15) is 22.7 Å². The van der Waals surface area contributed by atoms with E-state index in [1.807, 2.05) is 0 Å². The fraction of sp³-hybridized carbons (Fsp3) is 0.308. The average molecular weight is 348 g/mol. The van der Waals surface area contributed by atoms with E-state index >= 15 is 0 Å². The molecular formula is C13H12F4N4O3. The Morgan fingerprint density at radius 1 is 1.33 bits per heavy atom. The minimum atomic E-state index is -4.74. The molecule has 0 aliphatic carbocycles. The van der Waals surface area contributed by atoms with E-state index in [0.717, 1.165) is 12.1 Å². The second kappa shape index (κ2) is 6.72. The number of ether oxygens (including phenoxy) is 1. The molecule has 0 unspecified atom stereocenters. The first-order valence-electron chi connectivity index (χ1n) is 6.60. The van der Waals surface area contributed by atoms with Crippen molar-refractivity contribution in [2.24, 2.45) is 0 Å². The average Bonchev–Trinajstić information content (AvgIpc) is 2.94. The van der Waals surface area contributed by atoms with Crippen molar-refractivity contribution in [1.82, 2.24) is 20.5 Å². The normalized spacial score (nSPS) is 12.9. The van der Waals surface area contributed by atoms with Crippen molar-refractivity contribution >= 4 is 5.91 Å². The molecule has 0 spiro atoms. The third-order valence-corrected chi connectivity index (χ3v) is 2.91. The summed E-state index contributed by atoms with van der Waals surface area (Å²) in [5.41, 5.74) is -0.964. The van der Waals surface area contributed by atoms with Crippen LogP contribution in [0, 0.1) is 0 Å². The number of amides is 1. The zero-order valence-electron chi connectivity index (χ0n) is 12.1. The standard InChI is InChI=1S/C13H12F4N4O3/c1-6(9-19-12(23)21-20-9)18-10(22)7-4-2-3-5-8(7)24-13(16,17)11(14)15/h2-6,11H,1H3,(H,18,22)(H2,19,20,21,23)/t6-/m0/s1. The number of aromatic amines is 2. The predicted octanol–water partition coefficient (Wildman–Crippen LogP) is 1.83. The van der Waals surface area contributed by atoms with Gasteiger partial charge in [-0.15, -0.1) is 0 Å². The van der Waals surface area contributed by atoms with Crippen molar-refractivity contribution in [1.29, 1.82) is 0 Å². The largest absolute Gasteiger partial charge is 0.461 e. The molecule has 3 N–H and O–H groups in total. The Labute approximate surface area is 132 Å². The molecule has 2 aromatic rings. The summed E-state index contributed by atoms with van der Waals surface area (Å²) in [7, 11) is 0. The summed E-state index contributed by atoms with van der Waals surface area (Å²) in [6.45, 7) is 1.47. The Hall–Kier alpha value is -2.85. The first-order chi connectivity index (χ1) is 11.2. The number of carbonyl (C=O) groups excluding carboxylic acids is 1. The molecule has 1 atom stereocenters. The second-order valence-corrected chi connectivity index (χ2v) is 4.72. The first kappa shape index (κ1) is 17.5. The number of hydrogen-bond donors (Lipinski definition) is 3. The zero-order chi connectivity index (χ0) is 17.9. The van der Waals surface area contributed by atoms with E-state index in [0.29, 0.717) is 0 Å². The molecule has 1 aromatic carbocycles. The number of alkyl halides is 4. The molecule has 0 aliphatic heterocycles. The van der Waals surface area contributed by atoms with Crippen LogP contribution in [-0.4, -0.2) is 33.6 Å². The van der Waals surface area contributed by atoms with Gasteiger partial charge < -0.3 is 10.1 Å². The maximum Gasteiger partial charge on any atom is 0.461 e. The van der Waals surface area contributed by atoms with Crippen LogP contribution >= 0.6 is 0 Å². The summed E-state index contributed by atoms with van der Waals surface area (Å²) < 4.78 is 54.6. The fourth-order valence-electron chi connectivity index (χ4n) is 1.77. The van der Waals surface area contributed by atoms with Gasteiger partial charge in [0, 0.05) is 0 Å². The number of carbonyl (C=O) groups is 1. The molecule has 24 heavy (non-hydrogen) atoms. The lowest BCUT2D eigenvalue weighted by Crippen LogP contribution is -2.35. The number of nitrogens with zero attached hydrogens (tertiary/aromatic N) is 1. The van der Waals surface area contributed by atoms with Gasteiger partial charge in [-0.05, 0) is 19.1 Å². The van der Waals surface area contributed by atoms with Crippen LogP contribution in [0.2, 0.25) is 0 Å². The van der Waals surface area contributed by atoms with Gasteiger partial charge in [-0.1, -0.05) is 12.1 Å². The molecule has 0 saturated heterocycles. The number of para-hydroxylation sites is 1. The molecule has 0 aliphatic rings. The SMILES string of the molecule is C[C@H](NC(=O)c1ccccc1OC(F)(F)C(F)F)c1n[nH]c(=O)[nH]1. The van der Waals surface area contributed by atoms with Crippen molar-refractivity contribution in [3.63, 3.8) is 0 Å². The van der Waals surface area contributed by atoms with Crippen LogP contribution < -0.4 is 15.7 Å². The molecule has 0 radical (unpaired) electrons. The molecule has 2 rings (SSSR count). The number of halogens is 4. The van der Waals surface area contributed by atoms with E-state index in [1.165, 1.54) is 19.1 Å². The highest BCUT2D eigenvalue weighted by molar-refractivity contribution is 5.97. The highest BCUT2D eigenvalue weighted by atomic mass is 19.3. The number of hydrogen-bond acceptors (Lipinski definition) is 4. The third kappa shape index (κ3) is 3.91. The summed E-state index contributed by atoms with van der Waals surface area (Å²) in [6.07, 6.45) is -8.79. The third-order valence-electron chi connectivity index (χ3n) is 2.91. The van der Waals surface area contributed by atoms with Crippen LogP contribution in [0.4, 0.5) is 17.6 Å². The predicted molar refractivity (Wildman–Crippen MR) is 73.1 cm³/mol. The summed E-state index contributed by atoms with van der Waals surface area (Å²) in [6, 6.07) is 3.92. The van der Waals surface area contributed by atoms with Crippen LogP contribution in [0.5, 0.6) is 5.75 Å². The monoisotopic (exact) mass is 348 g/mol. The minimum absolute atomic E-state index is 0.102. The minimum Gasteiger partial charge on any atom is -0.427 e. The lowest BCUT2D eigenvalue weighted by atomic mass is 10.1. The van der Waals surface area contributed by atoms with Crippen molar-refractivity contribution in [3.8, 4) is 5.75 Å². The number of rotatable bonds is 6. The maximum atomic E-state index is 13.0. The number of aromatic nitrogens is 3. The Kier molecular flexibility index (Phi) is 4.90. The topological polar surface area (TPSA) is 99.9 Å². The zero-order valence-corrected chi connectivity index (χ0v) is 12.1. The molecule has 11 heteroatoms. The van der Waals surface area contributed by atoms with E-state index in [-0.39, 0.29) is 11.4 Å². The molecule has 0 saturated carbocycles. The molecule has 0 fully saturated rings. The Balaban J connectivity index is 2.19. The maximum absolute atomic E-state index is 13.0. The molecule has 0 bridgehead atoms. The molecule has 1 aromatic heterocycles. The van der Waals surface area contributed by atoms with Gasteiger partial charge in [-0.25, -0.2) is 9.89 Å². The number of H-pyrrole nitrogens is 2. The van der Waals surface area contributed by atoms with Crippen molar-refractivity contribution in [2.75, 3.05) is 0 Å². The Morgan fingerprint density at radius 3 is 2.58 bits per heavy atom. The second-order valence-electron chi connectivity index (χ2n) is 4.72. The van der Waals surface area contributed by atoms with Crippen molar-refractivity contribution in [3.05, 3.63) is 46.1 Å². The van der Waals surface area contributed by atoms with E-state index < -0.39 is 35.9 Å². The van der Waals surface area contributed by atoms with E-state index in [4.69, 9.17) is 0 Å². The van der Waals surface area contributed by atoms with Gasteiger partial charge in [0.05, 0.1) is 11.6 Å². The number of nitrogens with one attached hydrogen (secondary N) is 3. The van der Waals surface area contributed by atoms with Gasteiger partial charge in [0.25, 0.3) is 5.91 Å². The molecule has 1 heterocycles. The lowest BCUT2D eigenvalue weighted by molar-refractivity contribution is -0.253. The lowest BCUT2D eigenvalue weighted by Gasteiger charge is -2.19. The van der Waals surface area contributed by atoms with Crippen LogP contribution in [0.1, 0.15) is 29.1 Å². The highest BCUT2D eigenvalue weighted by Gasteiger charge is 2.44. The Morgan fingerprint density at radius 2 is 2.00 bits per heavy atom. The first-order valence-corrected chi connectivity index (χ1v) is 6.60. The van der Waals surface area contributed by atoms with E-state index in [9.17, 15) is 27.2 Å². The van der Waals surface area contributed by atoms with E-state index in [2.05, 4.69) is 25.2 Å². The summed E-state index contributed by atoms with van der Waals surface area (Å²) in [5, 5.41) is 8.08. The number of benzene rings is 1. The summed E-state index contributed by atoms with van der Waals surface area (Å²) in [4.78, 5) is 25.4. The summed E-state index contributed by atoms with van der Waals surface area (Å²) >= 11 is 0. The Bertz CT molecular complexity index is 774. The molecule has 1 amide bonds. The van der Waals surface area contributed by atoms with Gasteiger partial charge in [0.15, 0.2) is 5.82 Å².